The van der Waals surface area contributed by atoms with Gasteiger partial charge in [0.05, 0.1) is 18.3 Å². The third-order valence-corrected chi connectivity index (χ3v) is 4.78. The third kappa shape index (κ3) is 3.97. The van der Waals surface area contributed by atoms with E-state index in [-0.39, 0.29) is 12.1 Å². The number of benzene rings is 1. The van der Waals surface area contributed by atoms with E-state index in [2.05, 4.69) is 20.4 Å². The summed E-state index contributed by atoms with van der Waals surface area (Å²) in [5.74, 6) is 0.723. The van der Waals surface area contributed by atoms with E-state index in [1.54, 1.807) is 12.4 Å². The van der Waals surface area contributed by atoms with Gasteiger partial charge in [-0.3, -0.25) is 4.68 Å². The number of anilines is 1. The first kappa shape index (κ1) is 17.2. The van der Waals surface area contributed by atoms with Gasteiger partial charge in [-0.2, -0.15) is 5.10 Å². The standard InChI is InChI=1S/C20H22N6O/c1-15-21-10-8-19(23-15)16-5-2-6-17(13-16)24-20(27)26-12-3-7-18(26)14-25-11-4-9-22-25/h2,4-6,8-11,13,18H,3,7,12,14H2,1H3,(H,24,27)/t18-/m0/s1. The van der Waals surface area contributed by atoms with Crippen LogP contribution in [0, 0.1) is 6.92 Å². The van der Waals surface area contributed by atoms with Crippen LogP contribution in [0.2, 0.25) is 0 Å². The zero-order chi connectivity index (χ0) is 18.6. The Kier molecular flexibility index (Phi) is 4.82. The highest BCUT2D eigenvalue weighted by molar-refractivity contribution is 5.90. The summed E-state index contributed by atoms with van der Waals surface area (Å²) >= 11 is 0. The number of carbonyl (C=O) groups excluding carboxylic acids is 1. The number of aryl methyl sites for hydroxylation is 1. The Labute approximate surface area is 158 Å². The molecule has 1 saturated heterocycles. The van der Waals surface area contributed by atoms with Gasteiger partial charge in [0, 0.05) is 36.4 Å². The first-order valence-corrected chi connectivity index (χ1v) is 9.14. The maximum Gasteiger partial charge on any atom is 0.322 e. The molecule has 7 heteroatoms. The van der Waals surface area contributed by atoms with Crippen LogP contribution >= 0.6 is 0 Å². The van der Waals surface area contributed by atoms with Gasteiger partial charge in [0.15, 0.2) is 0 Å². The highest BCUT2D eigenvalue weighted by Crippen LogP contribution is 2.23. The summed E-state index contributed by atoms with van der Waals surface area (Å²) in [7, 11) is 0. The van der Waals surface area contributed by atoms with Gasteiger partial charge in [-0.05, 0) is 44.0 Å². The first-order valence-electron chi connectivity index (χ1n) is 9.14. The molecule has 4 rings (SSSR count). The highest BCUT2D eigenvalue weighted by atomic mass is 16.2. The minimum atomic E-state index is -0.0688. The molecule has 2 aromatic heterocycles. The van der Waals surface area contributed by atoms with Crippen molar-refractivity contribution in [2.24, 2.45) is 0 Å². The van der Waals surface area contributed by atoms with Crippen molar-refractivity contribution in [3.8, 4) is 11.3 Å². The fourth-order valence-corrected chi connectivity index (χ4v) is 3.49. The minimum absolute atomic E-state index is 0.0688. The molecule has 0 aliphatic carbocycles. The van der Waals surface area contributed by atoms with Gasteiger partial charge in [-0.25, -0.2) is 14.8 Å². The second-order valence-electron chi connectivity index (χ2n) is 6.72. The number of amides is 2. The number of hydrogen-bond donors (Lipinski definition) is 1. The van der Waals surface area contributed by atoms with E-state index >= 15 is 0 Å². The maximum atomic E-state index is 12.8. The number of nitrogens with zero attached hydrogens (tertiary/aromatic N) is 5. The van der Waals surface area contributed by atoms with E-state index in [0.717, 1.165) is 48.7 Å². The van der Waals surface area contributed by atoms with Gasteiger partial charge in [-0.15, -0.1) is 0 Å². The number of nitrogens with one attached hydrogen (secondary N) is 1. The molecule has 1 fully saturated rings. The summed E-state index contributed by atoms with van der Waals surface area (Å²) < 4.78 is 1.88. The van der Waals surface area contributed by atoms with E-state index < -0.39 is 0 Å². The monoisotopic (exact) mass is 362 g/mol. The SMILES string of the molecule is Cc1nccc(-c2cccc(NC(=O)N3CCC[C@H]3Cn3cccn3)c2)n1. The molecule has 1 aromatic carbocycles. The van der Waals surface area contributed by atoms with Gasteiger partial charge in [0.25, 0.3) is 0 Å². The van der Waals surface area contributed by atoms with E-state index in [1.165, 1.54) is 0 Å². The van der Waals surface area contributed by atoms with Crippen LogP contribution in [0.5, 0.6) is 0 Å². The molecule has 2 amide bonds. The Hall–Kier alpha value is -3.22. The molecule has 1 atom stereocenters. The van der Waals surface area contributed by atoms with Crippen LogP contribution in [-0.2, 0) is 6.54 Å². The molecular weight excluding hydrogens is 340 g/mol. The van der Waals surface area contributed by atoms with Crippen molar-refractivity contribution in [1.82, 2.24) is 24.6 Å². The Morgan fingerprint density at radius 2 is 2.19 bits per heavy atom. The van der Waals surface area contributed by atoms with Crippen LogP contribution < -0.4 is 5.32 Å². The second-order valence-corrected chi connectivity index (χ2v) is 6.72. The lowest BCUT2D eigenvalue weighted by atomic mass is 10.1. The molecule has 1 aliphatic rings. The lowest BCUT2D eigenvalue weighted by Gasteiger charge is -2.25. The fraction of sp³-hybridized carbons (Fsp3) is 0.300. The quantitative estimate of drug-likeness (QED) is 0.772. The van der Waals surface area contributed by atoms with Crippen molar-refractivity contribution in [2.75, 3.05) is 11.9 Å². The third-order valence-electron chi connectivity index (χ3n) is 4.78. The van der Waals surface area contributed by atoms with E-state index in [1.807, 2.05) is 59.1 Å². The number of carbonyl (C=O) groups is 1. The number of rotatable bonds is 4. The van der Waals surface area contributed by atoms with E-state index in [4.69, 9.17) is 0 Å². The van der Waals surface area contributed by atoms with Crippen LogP contribution in [0.4, 0.5) is 10.5 Å². The molecule has 138 valence electrons. The summed E-state index contributed by atoms with van der Waals surface area (Å²) in [6.45, 7) is 3.35. The largest absolute Gasteiger partial charge is 0.322 e. The van der Waals surface area contributed by atoms with Crippen LogP contribution in [0.15, 0.2) is 55.0 Å². The average molecular weight is 362 g/mol. The lowest BCUT2D eigenvalue weighted by Crippen LogP contribution is -2.40. The van der Waals surface area contributed by atoms with Crippen molar-refractivity contribution in [1.29, 1.82) is 0 Å². The second kappa shape index (κ2) is 7.57. The Morgan fingerprint density at radius 3 is 3.00 bits per heavy atom. The molecule has 0 bridgehead atoms. The van der Waals surface area contributed by atoms with Crippen LogP contribution in [0.1, 0.15) is 18.7 Å². The number of urea groups is 1. The number of likely N-dealkylation sites (tertiary alicyclic amines) is 1. The Morgan fingerprint density at radius 1 is 1.26 bits per heavy atom. The van der Waals surface area contributed by atoms with Crippen molar-refractivity contribution < 1.29 is 4.79 Å². The van der Waals surface area contributed by atoms with E-state index in [0.29, 0.717) is 0 Å². The van der Waals surface area contributed by atoms with Crippen molar-refractivity contribution >= 4 is 11.7 Å². The summed E-state index contributed by atoms with van der Waals surface area (Å²) in [4.78, 5) is 23.3. The predicted octanol–water partition coefficient (Wildman–Crippen LogP) is 3.35. The zero-order valence-corrected chi connectivity index (χ0v) is 15.2. The first-order chi connectivity index (χ1) is 13.2. The molecule has 0 saturated carbocycles. The highest BCUT2D eigenvalue weighted by Gasteiger charge is 2.29. The molecule has 1 aliphatic heterocycles. The summed E-state index contributed by atoms with van der Waals surface area (Å²) in [5.41, 5.74) is 2.56. The predicted molar refractivity (Wildman–Crippen MR) is 103 cm³/mol. The Bertz CT molecular complexity index is 924. The van der Waals surface area contributed by atoms with Crippen molar-refractivity contribution in [2.45, 2.75) is 32.4 Å². The van der Waals surface area contributed by atoms with Gasteiger partial charge in [-0.1, -0.05) is 12.1 Å². The summed E-state index contributed by atoms with van der Waals surface area (Å²) in [6, 6.07) is 11.6. The van der Waals surface area contributed by atoms with Gasteiger partial charge >= 0.3 is 6.03 Å². The van der Waals surface area contributed by atoms with E-state index in [9.17, 15) is 4.79 Å². The molecule has 27 heavy (non-hydrogen) atoms. The molecule has 0 radical (unpaired) electrons. The molecule has 0 spiro atoms. The summed E-state index contributed by atoms with van der Waals surface area (Å²) in [5, 5.41) is 7.29. The summed E-state index contributed by atoms with van der Waals surface area (Å²) in [6.07, 6.45) is 7.45. The topological polar surface area (TPSA) is 75.9 Å². The molecule has 0 unspecified atom stereocenters. The average Bonchev–Trinajstić information content (AvgIpc) is 3.34. The van der Waals surface area contributed by atoms with Crippen LogP contribution in [0.25, 0.3) is 11.3 Å². The normalized spacial score (nSPS) is 16.5. The minimum Gasteiger partial charge on any atom is -0.320 e. The van der Waals surface area contributed by atoms with Gasteiger partial charge < -0.3 is 10.2 Å². The molecule has 3 heterocycles. The maximum absolute atomic E-state index is 12.8. The van der Waals surface area contributed by atoms with Crippen molar-refractivity contribution in [3.05, 3.63) is 60.8 Å². The van der Waals surface area contributed by atoms with Gasteiger partial charge in [0.1, 0.15) is 5.82 Å². The smallest absolute Gasteiger partial charge is 0.320 e. The van der Waals surface area contributed by atoms with Gasteiger partial charge in [0.2, 0.25) is 0 Å². The molecule has 3 aromatic rings. The molecule has 7 nitrogen and oxygen atoms in total. The Balaban J connectivity index is 1.47. The lowest BCUT2D eigenvalue weighted by molar-refractivity contribution is 0.199. The van der Waals surface area contributed by atoms with Crippen molar-refractivity contribution in [3.63, 3.8) is 0 Å². The van der Waals surface area contributed by atoms with Crippen LogP contribution in [0.3, 0.4) is 0 Å². The zero-order valence-electron chi connectivity index (χ0n) is 15.2. The molecular formula is C20H22N6O. The fourth-order valence-electron chi connectivity index (χ4n) is 3.49. The number of hydrogen-bond acceptors (Lipinski definition) is 4. The van der Waals surface area contributed by atoms with Crippen LogP contribution in [-0.4, -0.2) is 43.3 Å². The number of aromatic nitrogens is 4. The molecule has 1 N–H and O–H groups in total.